The molecule has 6 nitrogen and oxygen atoms in total. The minimum Gasteiger partial charge on any atom is -0.325 e. The number of nitrogens with one attached hydrogen (secondary N) is 1. The lowest BCUT2D eigenvalue weighted by Crippen LogP contribution is -2.12. The van der Waals surface area contributed by atoms with Gasteiger partial charge in [0, 0.05) is 24.4 Å². The molecule has 0 atom stereocenters. The lowest BCUT2D eigenvalue weighted by molar-refractivity contribution is -0.384. The number of nitriles is 1. The van der Waals surface area contributed by atoms with Gasteiger partial charge in [-0.15, -0.1) is 11.6 Å². The SMILES string of the molecule is N#Cc1cc([N+](=O)[O-])ccc1NC(=O)CCCCl. The highest BCUT2D eigenvalue weighted by Gasteiger charge is 2.12. The van der Waals surface area contributed by atoms with E-state index in [1.165, 1.54) is 12.1 Å². The molecule has 7 heteroatoms. The Labute approximate surface area is 108 Å². The zero-order valence-corrected chi connectivity index (χ0v) is 10.1. The zero-order chi connectivity index (χ0) is 13.5. The number of nitro groups is 1. The fourth-order valence-electron chi connectivity index (χ4n) is 1.29. The predicted octanol–water partition coefficient (Wildman–Crippen LogP) is 2.42. The smallest absolute Gasteiger partial charge is 0.270 e. The molecular weight excluding hydrogens is 258 g/mol. The van der Waals surface area contributed by atoms with Crippen molar-refractivity contribution in [3.63, 3.8) is 0 Å². The van der Waals surface area contributed by atoms with Crippen molar-refractivity contribution < 1.29 is 9.72 Å². The number of hydrogen-bond donors (Lipinski definition) is 1. The summed E-state index contributed by atoms with van der Waals surface area (Å²) in [6.07, 6.45) is 0.771. The quantitative estimate of drug-likeness (QED) is 0.503. The third kappa shape index (κ3) is 3.71. The maximum absolute atomic E-state index is 11.4. The van der Waals surface area contributed by atoms with Crippen molar-refractivity contribution >= 4 is 28.9 Å². The van der Waals surface area contributed by atoms with Crippen molar-refractivity contribution in [2.45, 2.75) is 12.8 Å². The zero-order valence-electron chi connectivity index (χ0n) is 9.35. The molecule has 0 heterocycles. The van der Waals surface area contributed by atoms with Gasteiger partial charge >= 0.3 is 0 Å². The minimum atomic E-state index is -0.597. The highest BCUT2D eigenvalue weighted by atomic mass is 35.5. The van der Waals surface area contributed by atoms with E-state index < -0.39 is 4.92 Å². The summed E-state index contributed by atoms with van der Waals surface area (Å²) >= 11 is 5.46. The van der Waals surface area contributed by atoms with Crippen LogP contribution in [-0.4, -0.2) is 16.7 Å². The Balaban J connectivity index is 2.87. The van der Waals surface area contributed by atoms with Gasteiger partial charge in [-0.1, -0.05) is 0 Å². The molecule has 1 N–H and O–H groups in total. The number of anilines is 1. The normalized spacial score (nSPS) is 9.56. The molecule has 0 aromatic heterocycles. The monoisotopic (exact) mass is 267 g/mol. The van der Waals surface area contributed by atoms with Crippen LogP contribution in [0.15, 0.2) is 18.2 Å². The van der Waals surface area contributed by atoms with Gasteiger partial charge in [-0.2, -0.15) is 5.26 Å². The summed E-state index contributed by atoms with van der Waals surface area (Å²) in [4.78, 5) is 21.4. The number of amides is 1. The maximum Gasteiger partial charge on any atom is 0.270 e. The van der Waals surface area contributed by atoms with E-state index in [9.17, 15) is 14.9 Å². The van der Waals surface area contributed by atoms with Crippen LogP contribution in [0.2, 0.25) is 0 Å². The van der Waals surface area contributed by atoms with E-state index in [0.717, 1.165) is 6.07 Å². The molecule has 0 saturated carbocycles. The van der Waals surface area contributed by atoms with E-state index in [0.29, 0.717) is 12.3 Å². The summed E-state index contributed by atoms with van der Waals surface area (Å²) in [6, 6.07) is 5.51. The number of nitro benzene ring substituents is 1. The minimum absolute atomic E-state index is 0.0587. The van der Waals surface area contributed by atoms with Gasteiger partial charge in [0.2, 0.25) is 5.91 Å². The number of rotatable bonds is 5. The number of benzene rings is 1. The van der Waals surface area contributed by atoms with Crippen LogP contribution < -0.4 is 5.32 Å². The fourth-order valence-corrected chi connectivity index (χ4v) is 1.42. The van der Waals surface area contributed by atoms with Gasteiger partial charge in [-0.05, 0) is 12.5 Å². The molecule has 0 unspecified atom stereocenters. The predicted molar refractivity (Wildman–Crippen MR) is 66.4 cm³/mol. The van der Waals surface area contributed by atoms with Crippen LogP contribution in [0.4, 0.5) is 11.4 Å². The number of carbonyl (C=O) groups excluding carboxylic acids is 1. The van der Waals surface area contributed by atoms with Crippen molar-refractivity contribution in [3.8, 4) is 6.07 Å². The average molecular weight is 268 g/mol. The van der Waals surface area contributed by atoms with E-state index in [1.54, 1.807) is 0 Å². The second-order valence-corrected chi connectivity index (χ2v) is 3.82. The van der Waals surface area contributed by atoms with Crippen molar-refractivity contribution in [3.05, 3.63) is 33.9 Å². The summed E-state index contributed by atoms with van der Waals surface area (Å²) in [5.41, 5.74) is 0.136. The lowest BCUT2D eigenvalue weighted by Gasteiger charge is -2.06. The van der Waals surface area contributed by atoms with E-state index in [4.69, 9.17) is 16.9 Å². The van der Waals surface area contributed by atoms with Crippen molar-refractivity contribution in [1.82, 2.24) is 0 Å². The van der Waals surface area contributed by atoms with Crippen LogP contribution in [0.1, 0.15) is 18.4 Å². The molecule has 1 rings (SSSR count). The molecule has 0 spiro atoms. The highest BCUT2D eigenvalue weighted by Crippen LogP contribution is 2.21. The van der Waals surface area contributed by atoms with Crippen LogP contribution >= 0.6 is 11.6 Å². The van der Waals surface area contributed by atoms with Gasteiger partial charge in [-0.25, -0.2) is 0 Å². The second-order valence-electron chi connectivity index (χ2n) is 3.44. The number of carbonyl (C=O) groups is 1. The van der Waals surface area contributed by atoms with Crippen LogP contribution in [0.25, 0.3) is 0 Å². The van der Waals surface area contributed by atoms with E-state index in [1.807, 2.05) is 6.07 Å². The van der Waals surface area contributed by atoms with E-state index >= 15 is 0 Å². The summed E-state index contributed by atoms with van der Waals surface area (Å²) in [6.45, 7) is 0. The molecule has 1 aromatic carbocycles. The summed E-state index contributed by atoms with van der Waals surface area (Å²) in [7, 11) is 0. The third-order valence-electron chi connectivity index (χ3n) is 2.15. The number of non-ortho nitro benzene ring substituents is 1. The number of alkyl halides is 1. The standard InChI is InChI=1S/C11H10ClN3O3/c12-5-1-2-11(16)14-10-4-3-9(15(17)18)6-8(10)7-13/h3-4,6H,1-2,5H2,(H,14,16). The Bertz CT molecular complexity index is 511. The van der Waals surface area contributed by atoms with Gasteiger partial charge in [0.15, 0.2) is 0 Å². The molecule has 0 fully saturated rings. The molecule has 0 aliphatic rings. The maximum atomic E-state index is 11.4. The van der Waals surface area contributed by atoms with Gasteiger partial charge in [0.1, 0.15) is 6.07 Å². The van der Waals surface area contributed by atoms with E-state index in [2.05, 4.69) is 5.32 Å². The molecule has 1 amide bonds. The van der Waals surface area contributed by atoms with Gasteiger partial charge in [0.05, 0.1) is 16.2 Å². The molecule has 0 radical (unpaired) electrons. The first-order chi connectivity index (χ1) is 8.58. The molecular formula is C11H10ClN3O3. The average Bonchev–Trinajstić information content (AvgIpc) is 2.36. The number of hydrogen-bond acceptors (Lipinski definition) is 4. The Morgan fingerprint density at radius 2 is 2.28 bits per heavy atom. The Morgan fingerprint density at radius 3 is 2.83 bits per heavy atom. The highest BCUT2D eigenvalue weighted by molar-refractivity contribution is 6.18. The molecule has 94 valence electrons. The molecule has 1 aromatic rings. The first-order valence-electron chi connectivity index (χ1n) is 5.13. The molecule has 0 aliphatic carbocycles. The summed E-state index contributed by atoms with van der Waals surface area (Å²) in [5, 5.41) is 21.9. The van der Waals surface area contributed by atoms with Crippen molar-refractivity contribution in [2.24, 2.45) is 0 Å². The molecule has 0 bridgehead atoms. The molecule has 0 saturated heterocycles. The van der Waals surface area contributed by atoms with Crippen LogP contribution in [-0.2, 0) is 4.79 Å². The van der Waals surface area contributed by atoms with Gasteiger partial charge in [-0.3, -0.25) is 14.9 Å². The third-order valence-corrected chi connectivity index (χ3v) is 2.41. The Kier molecular flexibility index (Phi) is 5.08. The summed E-state index contributed by atoms with van der Waals surface area (Å²) in [5.74, 6) is 0.0969. The van der Waals surface area contributed by atoms with Gasteiger partial charge < -0.3 is 5.32 Å². The second kappa shape index (κ2) is 6.57. The molecule has 0 aliphatic heterocycles. The van der Waals surface area contributed by atoms with Crippen LogP contribution in [0.3, 0.4) is 0 Å². The van der Waals surface area contributed by atoms with E-state index in [-0.39, 0.29) is 29.3 Å². The van der Waals surface area contributed by atoms with Gasteiger partial charge in [0.25, 0.3) is 5.69 Å². The first-order valence-corrected chi connectivity index (χ1v) is 5.66. The van der Waals surface area contributed by atoms with Crippen molar-refractivity contribution in [1.29, 1.82) is 5.26 Å². The molecule has 18 heavy (non-hydrogen) atoms. The number of halogens is 1. The van der Waals surface area contributed by atoms with Crippen molar-refractivity contribution in [2.75, 3.05) is 11.2 Å². The lowest BCUT2D eigenvalue weighted by atomic mass is 10.1. The largest absolute Gasteiger partial charge is 0.325 e. The van der Waals surface area contributed by atoms with Crippen LogP contribution in [0.5, 0.6) is 0 Å². The summed E-state index contributed by atoms with van der Waals surface area (Å²) < 4.78 is 0. The number of nitrogens with zero attached hydrogens (tertiary/aromatic N) is 2. The first kappa shape index (κ1) is 13.9. The fraction of sp³-hybridized carbons (Fsp3) is 0.273. The Hall–Kier alpha value is -2.13. The Morgan fingerprint density at radius 1 is 1.56 bits per heavy atom. The van der Waals surface area contributed by atoms with Crippen LogP contribution in [0, 0.1) is 21.4 Å². The topological polar surface area (TPSA) is 96.0 Å².